The van der Waals surface area contributed by atoms with Crippen molar-refractivity contribution in [3.05, 3.63) is 58.7 Å². The van der Waals surface area contributed by atoms with Gasteiger partial charge in [0.25, 0.3) is 0 Å². The lowest BCUT2D eigenvalue weighted by atomic mass is 9.67. The molecular formula is C40H66O4. The zero-order chi connectivity index (χ0) is 33.1. The van der Waals surface area contributed by atoms with E-state index < -0.39 is 0 Å². The molecule has 3 unspecified atom stereocenters. The van der Waals surface area contributed by atoms with Gasteiger partial charge in [-0.25, -0.2) is 0 Å². The van der Waals surface area contributed by atoms with Crippen LogP contribution in [0.2, 0.25) is 0 Å². The number of unbranched alkanes of at least 4 members (excludes halogenated alkanes) is 1. The Morgan fingerprint density at radius 3 is 2.30 bits per heavy atom. The van der Waals surface area contributed by atoms with E-state index in [2.05, 4.69) is 79.7 Å². The number of ketones is 1. The average molecular weight is 611 g/mol. The van der Waals surface area contributed by atoms with Crippen molar-refractivity contribution in [2.45, 2.75) is 145 Å². The smallest absolute Gasteiger partial charge is 0.164 e. The number of hydrogen-bond acceptors (Lipinski definition) is 4. The molecule has 0 radical (unpaired) electrons. The van der Waals surface area contributed by atoms with Crippen molar-refractivity contribution in [1.29, 1.82) is 0 Å². The highest BCUT2D eigenvalue weighted by atomic mass is 16.3. The van der Waals surface area contributed by atoms with E-state index in [1.165, 1.54) is 31.3 Å². The molecule has 3 N–H and O–H groups in total. The van der Waals surface area contributed by atoms with Gasteiger partial charge in [0.1, 0.15) is 0 Å². The van der Waals surface area contributed by atoms with Gasteiger partial charge < -0.3 is 15.3 Å². The van der Waals surface area contributed by atoms with E-state index in [-0.39, 0.29) is 35.4 Å². The molecule has 0 aromatic rings. The van der Waals surface area contributed by atoms with Crippen LogP contribution in [0.1, 0.15) is 133 Å². The van der Waals surface area contributed by atoms with Gasteiger partial charge in [0.15, 0.2) is 5.78 Å². The summed E-state index contributed by atoms with van der Waals surface area (Å²) in [7, 11) is 0. The molecule has 0 bridgehead atoms. The molecule has 2 rings (SSSR count). The molecule has 0 amide bonds. The number of carbonyl (C=O) groups is 1. The quantitative estimate of drug-likeness (QED) is 0.0871. The first-order valence-corrected chi connectivity index (χ1v) is 17.5. The first-order chi connectivity index (χ1) is 20.6. The summed E-state index contributed by atoms with van der Waals surface area (Å²) in [5, 5.41) is 30.1. The molecule has 44 heavy (non-hydrogen) atoms. The van der Waals surface area contributed by atoms with Crippen molar-refractivity contribution in [3.8, 4) is 0 Å². The molecule has 0 spiro atoms. The second-order valence-electron chi connectivity index (χ2n) is 15.8. The second kappa shape index (κ2) is 17.8. The van der Waals surface area contributed by atoms with Crippen LogP contribution in [-0.4, -0.2) is 39.9 Å². The summed E-state index contributed by atoms with van der Waals surface area (Å²) in [6.07, 6.45) is 23.0. The number of allylic oxidation sites excluding steroid dienone is 7. The van der Waals surface area contributed by atoms with Gasteiger partial charge in [-0.3, -0.25) is 4.79 Å². The predicted octanol–water partition coefficient (Wildman–Crippen LogP) is 9.47. The highest BCUT2D eigenvalue weighted by Crippen LogP contribution is 2.43. The number of rotatable bonds is 17. The third-order valence-corrected chi connectivity index (χ3v) is 10.3. The molecular weight excluding hydrogens is 544 g/mol. The molecule has 0 aromatic heterocycles. The molecule has 250 valence electrons. The van der Waals surface area contributed by atoms with E-state index in [1.807, 2.05) is 19.1 Å². The highest BCUT2D eigenvalue weighted by molar-refractivity contribution is 5.97. The summed E-state index contributed by atoms with van der Waals surface area (Å²) < 4.78 is 0. The topological polar surface area (TPSA) is 77.8 Å². The minimum atomic E-state index is -0.334. The Labute approximate surface area is 270 Å². The molecule has 4 heteroatoms. The van der Waals surface area contributed by atoms with E-state index >= 15 is 0 Å². The summed E-state index contributed by atoms with van der Waals surface area (Å²) in [5.41, 5.74) is 3.96. The van der Waals surface area contributed by atoms with Crippen LogP contribution < -0.4 is 0 Å². The number of aliphatic hydroxyl groups excluding tert-OH is 3. The summed E-state index contributed by atoms with van der Waals surface area (Å²) in [6.45, 7) is 19.6. The van der Waals surface area contributed by atoms with Crippen LogP contribution in [0.5, 0.6) is 0 Å². The van der Waals surface area contributed by atoms with E-state index in [4.69, 9.17) is 0 Å². The van der Waals surface area contributed by atoms with Crippen LogP contribution in [-0.2, 0) is 4.79 Å². The fourth-order valence-corrected chi connectivity index (χ4v) is 7.58. The second-order valence-corrected chi connectivity index (χ2v) is 15.8. The Morgan fingerprint density at radius 2 is 1.66 bits per heavy atom. The van der Waals surface area contributed by atoms with Crippen LogP contribution in [0.4, 0.5) is 0 Å². The Kier molecular flexibility index (Phi) is 15.6. The largest absolute Gasteiger partial charge is 0.393 e. The first-order valence-electron chi connectivity index (χ1n) is 17.5. The van der Waals surface area contributed by atoms with Gasteiger partial charge in [-0.15, -0.1) is 0 Å². The monoisotopic (exact) mass is 610 g/mol. The zero-order valence-corrected chi connectivity index (χ0v) is 29.7. The number of Topliss-reactive ketones (excluding diaryl/α,β-unsaturated/α-hetero) is 1. The predicted molar refractivity (Wildman–Crippen MR) is 186 cm³/mol. The van der Waals surface area contributed by atoms with Gasteiger partial charge in [-0.1, -0.05) is 121 Å². The summed E-state index contributed by atoms with van der Waals surface area (Å²) in [4.78, 5) is 13.0. The normalized spacial score (nSPS) is 26.2. The molecule has 0 aromatic carbocycles. The maximum atomic E-state index is 13.0. The van der Waals surface area contributed by atoms with Gasteiger partial charge >= 0.3 is 0 Å². The fraction of sp³-hybridized carbons (Fsp3) is 0.725. The van der Waals surface area contributed by atoms with Gasteiger partial charge in [0.05, 0.1) is 18.8 Å². The maximum Gasteiger partial charge on any atom is 0.164 e. The van der Waals surface area contributed by atoms with Crippen molar-refractivity contribution in [2.75, 3.05) is 6.61 Å². The van der Waals surface area contributed by atoms with E-state index in [1.54, 1.807) is 0 Å². The van der Waals surface area contributed by atoms with Crippen LogP contribution in [0.15, 0.2) is 58.7 Å². The van der Waals surface area contributed by atoms with Gasteiger partial charge in [-0.2, -0.15) is 0 Å². The molecule has 0 heterocycles. The Balaban J connectivity index is 1.68. The summed E-state index contributed by atoms with van der Waals surface area (Å²) >= 11 is 0. The van der Waals surface area contributed by atoms with Crippen molar-refractivity contribution in [1.82, 2.24) is 0 Å². The van der Waals surface area contributed by atoms with E-state index in [0.717, 1.165) is 36.8 Å². The van der Waals surface area contributed by atoms with Crippen molar-refractivity contribution < 1.29 is 20.1 Å². The van der Waals surface area contributed by atoms with E-state index in [9.17, 15) is 20.1 Å². The van der Waals surface area contributed by atoms with Crippen LogP contribution >= 0.6 is 0 Å². The van der Waals surface area contributed by atoms with Crippen molar-refractivity contribution in [2.24, 2.45) is 34.5 Å². The molecule has 4 nitrogen and oxygen atoms in total. The lowest BCUT2D eigenvalue weighted by molar-refractivity contribution is -0.115. The summed E-state index contributed by atoms with van der Waals surface area (Å²) in [6, 6.07) is 0. The first kappa shape index (κ1) is 38.4. The maximum absolute atomic E-state index is 13.0. The summed E-state index contributed by atoms with van der Waals surface area (Å²) in [5.74, 6) is 2.10. The molecule has 0 saturated heterocycles. The van der Waals surface area contributed by atoms with Crippen molar-refractivity contribution >= 4 is 5.78 Å². The minimum Gasteiger partial charge on any atom is -0.393 e. The van der Waals surface area contributed by atoms with Gasteiger partial charge in [0.2, 0.25) is 0 Å². The molecule has 6 atom stereocenters. The molecule has 2 aliphatic carbocycles. The van der Waals surface area contributed by atoms with Crippen LogP contribution in [0, 0.1) is 34.5 Å². The number of hydrogen-bond donors (Lipinski definition) is 3. The fourth-order valence-electron chi connectivity index (χ4n) is 7.58. The lowest BCUT2D eigenvalue weighted by Crippen LogP contribution is -2.32. The highest BCUT2D eigenvalue weighted by Gasteiger charge is 2.35. The van der Waals surface area contributed by atoms with Crippen molar-refractivity contribution in [3.63, 3.8) is 0 Å². The van der Waals surface area contributed by atoms with E-state index in [0.29, 0.717) is 48.5 Å². The SMILES string of the molecule is CC1=C[C@H](O)CC(C)(C)[C@H]1/C=C/C(C)C/C=C/C(C)CCCCC(C)CC/C=C(\CO)C(=O)CC1=C(C)C[C@@H](O)CC1(C)C. The van der Waals surface area contributed by atoms with Gasteiger partial charge in [-0.05, 0) is 87.4 Å². The lowest BCUT2D eigenvalue weighted by Gasteiger charge is -2.38. The standard InChI is InChI=1S/C40H66O4/c1-28(16-12-17-30(3)20-21-36-31(4)22-34(42)25-39(36,6)7)14-10-11-15-29(2)18-13-19-33(27-41)38(44)24-37-32(5)23-35(43)26-40(37,8)9/h12,16,19-22,28-30,34-36,41-43H,10-11,13-15,17-18,23-27H2,1-9H3/b16-12+,21-20+,33-19+/t28?,29?,30?,34-,35+,36-/m0/s1. The minimum absolute atomic E-state index is 0.0209. The van der Waals surface area contributed by atoms with Crippen LogP contribution in [0.25, 0.3) is 0 Å². The molecule has 0 aliphatic heterocycles. The Hall–Kier alpha value is -1.75. The number of aliphatic hydroxyl groups is 3. The third-order valence-electron chi connectivity index (χ3n) is 10.3. The molecule has 0 fully saturated rings. The zero-order valence-electron chi connectivity index (χ0n) is 29.7. The Morgan fingerprint density at radius 1 is 0.977 bits per heavy atom. The molecule has 0 saturated carbocycles. The van der Waals surface area contributed by atoms with Gasteiger partial charge in [0, 0.05) is 17.9 Å². The Bertz CT molecular complexity index is 1070. The molecule has 2 aliphatic rings. The van der Waals surface area contributed by atoms with Crippen LogP contribution in [0.3, 0.4) is 0 Å². The average Bonchev–Trinajstić information content (AvgIpc) is 2.89. The third kappa shape index (κ3) is 12.6. The number of carbonyl (C=O) groups excluding carboxylic acids is 1.